The number of nitrogens with zero attached hydrogens (tertiary/aromatic N) is 1. The maximum Gasteiger partial charge on any atom is 0.416 e. The van der Waals surface area contributed by atoms with Crippen molar-refractivity contribution in [3.63, 3.8) is 0 Å². The van der Waals surface area contributed by atoms with E-state index in [0.717, 1.165) is 24.3 Å². The van der Waals surface area contributed by atoms with Crippen molar-refractivity contribution in [3.05, 3.63) is 54.1 Å². The van der Waals surface area contributed by atoms with Crippen molar-refractivity contribution < 1.29 is 32.3 Å². The summed E-state index contributed by atoms with van der Waals surface area (Å²) in [5.41, 5.74) is -0.191. The molecule has 2 aromatic rings. The summed E-state index contributed by atoms with van der Waals surface area (Å²) >= 11 is 0. The number of carbonyl (C=O) groups excluding carboxylic acids is 3. The third-order valence-corrected chi connectivity index (χ3v) is 5.48. The van der Waals surface area contributed by atoms with Gasteiger partial charge in [-0.3, -0.25) is 9.59 Å². The Morgan fingerprint density at radius 3 is 2.24 bits per heavy atom. The van der Waals surface area contributed by atoms with E-state index < -0.39 is 23.6 Å². The van der Waals surface area contributed by atoms with Gasteiger partial charge >= 0.3 is 24.0 Å². The molecule has 1 aliphatic rings. The first-order chi connectivity index (χ1) is 16.2. The van der Waals surface area contributed by atoms with Crippen LogP contribution in [0.2, 0.25) is 0 Å². The molecule has 0 aliphatic carbocycles. The molecule has 0 aromatic heterocycles. The van der Waals surface area contributed by atoms with E-state index >= 15 is 0 Å². The van der Waals surface area contributed by atoms with Crippen LogP contribution in [-0.4, -0.2) is 49.5 Å². The molecule has 3 N–H and O–H groups in total. The smallest absolute Gasteiger partial charge is 0.416 e. The highest BCUT2D eigenvalue weighted by molar-refractivity contribution is 6.39. The van der Waals surface area contributed by atoms with Crippen molar-refractivity contribution in [3.8, 4) is 5.75 Å². The number of urea groups is 1. The van der Waals surface area contributed by atoms with Gasteiger partial charge < -0.3 is 25.6 Å². The minimum absolute atomic E-state index is 0.0816. The standard InChI is InChI=1S/C23H25F3N4O4/c1-34-19-5-3-2-4-18(19)29-22(33)30-12-10-15(11-13-30)14-27-20(31)21(32)28-17-8-6-16(7-9-17)23(24,25)26/h2-9,15H,10-14H2,1H3,(H,27,31)(H,28,32)(H,29,33). The van der Waals surface area contributed by atoms with E-state index in [1.54, 1.807) is 29.2 Å². The molecule has 34 heavy (non-hydrogen) atoms. The highest BCUT2D eigenvalue weighted by Gasteiger charge is 2.30. The molecule has 182 valence electrons. The summed E-state index contributed by atoms with van der Waals surface area (Å²) in [6, 6.07) is 10.7. The first kappa shape index (κ1) is 24.9. The molecule has 4 amide bonds. The normalized spacial score (nSPS) is 14.3. The topological polar surface area (TPSA) is 99.8 Å². The number of nitrogens with one attached hydrogen (secondary N) is 3. The second-order valence-electron chi connectivity index (χ2n) is 7.80. The van der Waals surface area contributed by atoms with Crippen molar-refractivity contribution in [1.82, 2.24) is 10.2 Å². The van der Waals surface area contributed by atoms with E-state index in [-0.39, 0.29) is 24.2 Å². The number of alkyl halides is 3. The van der Waals surface area contributed by atoms with Crippen LogP contribution in [0.1, 0.15) is 18.4 Å². The summed E-state index contributed by atoms with van der Waals surface area (Å²) in [6.07, 6.45) is -3.20. The fourth-order valence-corrected chi connectivity index (χ4v) is 3.53. The fourth-order valence-electron chi connectivity index (χ4n) is 3.53. The van der Waals surface area contributed by atoms with Crippen molar-refractivity contribution in [2.75, 3.05) is 37.4 Å². The highest BCUT2D eigenvalue weighted by Crippen LogP contribution is 2.30. The van der Waals surface area contributed by atoms with Crippen LogP contribution in [0.15, 0.2) is 48.5 Å². The molecular formula is C23H25F3N4O4. The van der Waals surface area contributed by atoms with Crippen LogP contribution in [0.4, 0.5) is 29.3 Å². The molecule has 1 aliphatic heterocycles. The molecule has 0 atom stereocenters. The van der Waals surface area contributed by atoms with Crippen LogP contribution in [0, 0.1) is 5.92 Å². The van der Waals surface area contributed by atoms with Crippen molar-refractivity contribution in [2.24, 2.45) is 5.92 Å². The Bertz CT molecular complexity index is 1020. The summed E-state index contributed by atoms with van der Waals surface area (Å²) in [6.45, 7) is 1.22. The number of piperidine rings is 1. The molecule has 11 heteroatoms. The van der Waals surface area contributed by atoms with Crippen LogP contribution in [0.3, 0.4) is 0 Å². The Kier molecular flexibility index (Phi) is 7.98. The quantitative estimate of drug-likeness (QED) is 0.571. The van der Waals surface area contributed by atoms with Gasteiger partial charge in [0, 0.05) is 25.3 Å². The molecule has 1 heterocycles. The Morgan fingerprint density at radius 1 is 0.971 bits per heavy atom. The van der Waals surface area contributed by atoms with Crippen molar-refractivity contribution in [1.29, 1.82) is 0 Å². The Labute approximate surface area is 194 Å². The van der Waals surface area contributed by atoms with Crippen molar-refractivity contribution in [2.45, 2.75) is 19.0 Å². The summed E-state index contributed by atoms with van der Waals surface area (Å²) in [7, 11) is 1.52. The molecular weight excluding hydrogens is 453 g/mol. The lowest BCUT2D eigenvalue weighted by Gasteiger charge is -2.32. The molecule has 0 unspecified atom stereocenters. The number of carbonyl (C=O) groups is 3. The number of amides is 4. The lowest BCUT2D eigenvalue weighted by molar-refractivity contribution is -0.137. The average molecular weight is 478 g/mol. The number of methoxy groups -OCH3 is 1. The molecule has 3 rings (SSSR count). The predicted molar refractivity (Wildman–Crippen MR) is 119 cm³/mol. The molecule has 0 saturated carbocycles. The molecule has 0 spiro atoms. The summed E-state index contributed by atoms with van der Waals surface area (Å²) in [5, 5.41) is 7.64. The van der Waals surface area contributed by atoms with Crippen molar-refractivity contribution >= 4 is 29.2 Å². The zero-order valence-electron chi connectivity index (χ0n) is 18.4. The summed E-state index contributed by atoms with van der Waals surface area (Å²) in [5.74, 6) is -1.20. The van der Waals surface area contributed by atoms with Gasteiger partial charge in [0.25, 0.3) is 0 Å². The minimum Gasteiger partial charge on any atom is -0.495 e. The molecule has 0 radical (unpaired) electrons. The second kappa shape index (κ2) is 10.9. The first-order valence-corrected chi connectivity index (χ1v) is 10.6. The summed E-state index contributed by atoms with van der Waals surface area (Å²) in [4.78, 5) is 38.3. The Hall–Kier alpha value is -3.76. The molecule has 1 saturated heterocycles. The first-order valence-electron chi connectivity index (χ1n) is 10.6. The number of benzene rings is 2. The van der Waals surface area contributed by atoms with Crippen LogP contribution < -0.4 is 20.7 Å². The van der Waals surface area contributed by atoms with Crippen LogP contribution >= 0.6 is 0 Å². The largest absolute Gasteiger partial charge is 0.495 e. The predicted octanol–water partition coefficient (Wildman–Crippen LogP) is 3.71. The molecule has 0 bridgehead atoms. The van der Waals surface area contributed by atoms with Crippen LogP contribution in [0.5, 0.6) is 5.75 Å². The van der Waals surface area contributed by atoms with Gasteiger partial charge in [-0.25, -0.2) is 4.79 Å². The van der Waals surface area contributed by atoms with E-state index in [4.69, 9.17) is 4.74 Å². The monoisotopic (exact) mass is 478 g/mol. The molecule has 1 fully saturated rings. The Morgan fingerprint density at radius 2 is 1.62 bits per heavy atom. The Balaban J connectivity index is 1.40. The van der Waals surface area contributed by atoms with Gasteiger partial charge in [-0.05, 0) is 55.2 Å². The van der Waals surface area contributed by atoms with Gasteiger partial charge in [0.15, 0.2) is 0 Å². The zero-order valence-corrected chi connectivity index (χ0v) is 18.4. The number of halogens is 3. The highest BCUT2D eigenvalue weighted by atomic mass is 19.4. The van der Waals surface area contributed by atoms with Gasteiger partial charge in [-0.1, -0.05) is 12.1 Å². The molecule has 2 aromatic carbocycles. The number of ether oxygens (including phenoxy) is 1. The number of rotatable bonds is 5. The maximum absolute atomic E-state index is 12.6. The van der Waals surface area contributed by atoms with Gasteiger partial charge in [-0.15, -0.1) is 0 Å². The second-order valence-corrected chi connectivity index (χ2v) is 7.80. The van der Waals surface area contributed by atoms with Gasteiger partial charge in [-0.2, -0.15) is 13.2 Å². The van der Waals surface area contributed by atoms with Crippen LogP contribution in [-0.2, 0) is 15.8 Å². The number of likely N-dealkylation sites (tertiary alicyclic amines) is 1. The minimum atomic E-state index is -4.48. The van der Waals surface area contributed by atoms with Crippen LogP contribution in [0.25, 0.3) is 0 Å². The average Bonchev–Trinajstić information content (AvgIpc) is 2.83. The van der Waals surface area contributed by atoms with Gasteiger partial charge in [0.1, 0.15) is 5.75 Å². The number of para-hydroxylation sites is 2. The maximum atomic E-state index is 12.6. The lowest BCUT2D eigenvalue weighted by Crippen LogP contribution is -2.44. The summed E-state index contributed by atoms with van der Waals surface area (Å²) < 4.78 is 43.0. The fraction of sp³-hybridized carbons (Fsp3) is 0.348. The third-order valence-electron chi connectivity index (χ3n) is 5.48. The SMILES string of the molecule is COc1ccccc1NC(=O)N1CCC(CNC(=O)C(=O)Nc2ccc(C(F)(F)F)cc2)CC1. The molecule has 8 nitrogen and oxygen atoms in total. The van der Waals surface area contributed by atoms with Gasteiger partial charge in [0.05, 0.1) is 18.4 Å². The van der Waals surface area contributed by atoms with E-state index in [0.29, 0.717) is 37.4 Å². The van der Waals surface area contributed by atoms with E-state index in [2.05, 4.69) is 16.0 Å². The van der Waals surface area contributed by atoms with E-state index in [1.807, 2.05) is 0 Å². The number of anilines is 2. The third kappa shape index (κ3) is 6.63. The van der Waals surface area contributed by atoms with Gasteiger partial charge in [0.2, 0.25) is 0 Å². The number of hydrogen-bond acceptors (Lipinski definition) is 4. The van der Waals surface area contributed by atoms with E-state index in [1.165, 1.54) is 7.11 Å². The lowest BCUT2D eigenvalue weighted by atomic mass is 9.97. The van der Waals surface area contributed by atoms with E-state index in [9.17, 15) is 27.6 Å². The number of hydrogen-bond donors (Lipinski definition) is 3. The zero-order chi connectivity index (χ0) is 24.7.